The highest BCUT2D eigenvalue weighted by atomic mass is 15.3. The van der Waals surface area contributed by atoms with Crippen LogP contribution in [0.5, 0.6) is 0 Å². The van der Waals surface area contributed by atoms with Crippen LogP contribution in [0.1, 0.15) is 38.8 Å². The lowest BCUT2D eigenvalue weighted by Gasteiger charge is -2.38. The van der Waals surface area contributed by atoms with E-state index in [4.69, 9.17) is 0 Å². The Morgan fingerprint density at radius 2 is 2.05 bits per heavy atom. The zero-order valence-corrected chi connectivity index (χ0v) is 13.0. The largest absolute Gasteiger partial charge is 0.303 e. The summed E-state index contributed by atoms with van der Waals surface area (Å²) >= 11 is 0. The van der Waals surface area contributed by atoms with Gasteiger partial charge < -0.3 is 4.90 Å². The van der Waals surface area contributed by atoms with Gasteiger partial charge in [-0.15, -0.1) is 0 Å². The number of fused-ring (bicyclic) bond motifs is 1. The van der Waals surface area contributed by atoms with Crippen molar-refractivity contribution in [1.29, 1.82) is 0 Å². The van der Waals surface area contributed by atoms with Gasteiger partial charge in [-0.2, -0.15) is 5.10 Å². The fraction of sp³-hybridized carbons (Fsp3) is 0.812. The van der Waals surface area contributed by atoms with Crippen molar-refractivity contribution in [2.45, 2.75) is 52.2 Å². The molecule has 4 heteroatoms. The molecule has 20 heavy (non-hydrogen) atoms. The minimum atomic E-state index is 0.705. The van der Waals surface area contributed by atoms with Gasteiger partial charge in [0.1, 0.15) is 0 Å². The fourth-order valence-electron chi connectivity index (χ4n) is 3.56. The van der Waals surface area contributed by atoms with Crippen molar-refractivity contribution in [3.05, 3.63) is 18.0 Å². The molecule has 2 aliphatic rings. The summed E-state index contributed by atoms with van der Waals surface area (Å²) in [5.41, 5.74) is 1.40. The Bertz CT molecular complexity index is 420. The van der Waals surface area contributed by atoms with Crippen LogP contribution < -0.4 is 0 Å². The van der Waals surface area contributed by atoms with Crippen LogP contribution in [-0.4, -0.2) is 51.8 Å². The van der Waals surface area contributed by atoms with Crippen molar-refractivity contribution in [1.82, 2.24) is 19.6 Å². The molecule has 0 radical (unpaired) electrons. The number of hydrogen-bond donors (Lipinski definition) is 0. The van der Waals surface area contributed by atoms with Gasteiger partial charge in [0.05, 0.1) is 5.69 Å². The molecule has 112 valence electrons. The maximum absolute atomic E-state index is 4.54. The second-order valence-corrected chi connectivity index (χ2v) is 6.37. The highest BCUT2D eigenvalue weighted by Crippen LogP contribution is 2.29. The van der Waals surface area contributed by atoms with Crippen LogP contribution >= 0.6 is 0 Å². The summed E-state index contributed by atoms with van der Waals surface area (Å²) < 4.78 is 2.24. The fourth-order valence-corrected chi connectivity index (χ4v) is 3.56. The molecule has 4 nitrogen and oxygen atoms in total. The third-order valence-corrected chi connectivity index (χ3v) is 5.10. The summed E-state index contributed by atoms with van der Waals surface area (Å²) in [6, 6.07) is 3.03. The lowest BCUT2D eigenvalue weighted by atomic mass is 9.90. The van der Waals surface area contributed by atoms with Crippen LogP contribution in [-0.2, 0) is 13.1 Å². The van der Waals surface area contributed by atoms with Gasteiger partial charge in [0.25, 0.3) is 0 Å². The topological polar surface area (TPSA) is 24.3 Å². The van der Waals surface area contributed by atoms with E-state index in [2.05, 4.69) is 39.5 Å². The van der Waals surface area contributed by atoms with Crippen LogP contribution in [0.4, 0.5) is 0 Å². The molecule has 0 aromatic carbocycles. The Labute approximate surface area is 122 Å². The minimum Gasteiger partial charge on any atom is -0.303 e. The molecule has 1 aliphatic carbocycles. The van der Waals surface area contributed by atoms with Gasteiger partial charge in [0.2, 0.25) is 0 Å². The van der Waals surface area contributed by atoms with E-state index in [1.807, 2.05) is 6.20 Å². The molecule has 0 amide bonds. The first-order valence-corrected chi connectivity index (χ1v) is 8.27. The minimum absolute atomic E-state index is 0.705. The number of aromatic nitrogens is 2. The Morgan fingerprint density at radius 3 is 2.70 bits per heavy atom. The summed E-state index contributed by atoms with van der Waals surface area (Å²) in [6.45, 7) is 11.5. The molecule has 0 N–H and O–H groups in total. The van der Waals surface area contributed by atoms with Gasteiger partial charge >= 0.3 is 0 Å². The monoisotopic (exact) mass is 276 g/mol. The molecule has 1 fully saturated rings. The molecule has 1 aromatic rings. The summed E-state index contributed by atoms with van der Waals surface area (Å²) in [7, 11) is 0. The molecule has 1 aliphatic heterocycles. The van der Waals surface area contributed by atoms with Gasteiger partial charge in [0, 0.05) is 44.3 Å². The predicted molar refractivity (Wildman–Crippen MR) is 81.6 cm³/mol. The van der Waals surface area contributed by atoms with E-state index in [1.165, 1.54) is 38.0 Å². The Morgan fingerprint density at radius 1 is 1.25 bits per heavy atom. The highest BCUT2D eigenvalue weighted by Gasteiger charge is 2.30. The molecule has 0 bridgehead atoms. The standard InChI is InChI=1S/C16H28N4/c1-3-18(4-2)10-14-11-19(15-6-5-7-15)13-16-8-9-17-20(16)12-14/h8-9,14-15H,3-7,10-13H2,1-2H3. The van der Waals surface area contributed by atoms with Crippen molar-refractivity contribution >= 4 is 0 Å². The summed E-state index contributed by atoms with van der Waals surface area (Å²) in [6.07, 6.45) is 6.17. The second kappa shape index (κ2) is 6.27. The van der Waals surface area contributed by atoms with Crippen molar-refractivity contribution in [3.63, 3.8) is 0 Å². The molecular weight excluding hydrogens is 248 g/mol. The van der Waals surface area contributed by atoms with E-state index in [0.29, 0.717) is 5.92 Å². The first kappa shape index (κ1) is 14.1. The van der Waals surface area contributed by atoms with Gasteiger partial charge in [-0.1, -0.05) is 20.3 Å². The van der Waals surface area contributed by atoms with E-state index in [-0.39, 0.29) is 0 Å². The zero-order valence-electron chi connectivity index (χ0n) is 13.0. The molecule has 0 spiro atoms. The van der Waals surface area contributed by atoms with Crippen molar-refractivity contribution in [2.75, 3.05) is 26.2 Å². The summed E-state index contributed by atoms with van der Waals surface area (Å²) in [4.78, 5) is 5.27. The molecule has 1 unspecified atom stereocenters. The van der Waals surface area contributed by atoms with Crippen molar-refractivity contribution in [2.24, 2.45) is 5.92 Å². The summed E-state index contributed by atoms with van der Waals surface area (Å²) in [5, 5.41) is 4.54. The number of rotatable bonds is 5. The molecule has 1 aromatic heterocycles. The van der Waals surface area contributed by atoms with E-state index in [9.17, 15) is 0 Å². The molecule has 0 saturated heterocycles. The third-order valence-electron chi connectivity index (χ3n) is 5.10. The highest BCUT2D eigenvalue weighted by molar-refractivity contribution is 5.03. The normalized spacial score (nSPS) is 24.4. The number of nitrogens with zero attached hydrogens (tertiary/aromatic N) is 4. The maximum Gasteiger partial charge on any atom is 0.0524 e. The average molecular weight is 276 g/mol. The van der Waals surface area contributed by atoms with Crippen LogP contribution in [0.15, 0.2) is 12.3 Å². The SMILES string of the molecule is CCN(CC)CC1CN(C2CCC2)Cc2ccnn2C1. The zero-order chi connectivity index (χ0) is 13.9. The van der Waals surface area contributed by atoms with Gasteiger partial charge in [0.15, 0.2) is 0 Å². The van der Waals surface area contributed by atoms with Crippen molar-refractivity contribution < 1.29 is 0 Å². The second-order valence-electron chi connectivity index (χ2n) is 6.37. The Hall–Kier alpha value is -0.870. The van der Waals surface area contributed by atoms with Crippen LogP contribution in [0.25, 0.3) is 0 Å². The molecule has 2 heterocycles. The van der Waals surface area contributed by atoms with E-state index >= 15 is 0 Å². The lowest BCUT2D eigenvalue weighted by molar-refractivity contribution is 0.0929. The van der Waals surface area contributed by atoms with E-state index < -0.39 is 0 Å². The van der Waals surface area contributed by atoms with E-state index in [0.717, 1.165) is 32.2 Å². The smallest absolute Gasteiger partial charge is 0.0524 e. The molecule has 3 rings (SSSR count). The first-order chi connectivity index (χ1) is 9.80. The maximum atomic E-state index is 4.54. The van der Waals surface area contributed by atoms with Crippen LogP contribution in [0.3, 0.4) is 0 Å². The Kier molecular flexibility index (Phi) is 4.41. The molecule has 1 atom stereocenters. The third kappa shape index (κ3) is 2.91. The number of hydrogen-bond acceptors (Lipinski definition) is 3. The molecular formula is C16H28N4. The molecule has 1 saturated carbocycles. The first-order valence-electron chi connectivity index (χ1n) is 8.27. The van der Waals surface area contributed by atoms with Crippen molar-refractivity contribution in [3.8, 4) is 0 Å². The van der Waals surface area contributed by atoms with Gasteiger partial charge in [-0.05, 0) is 32.0 Å². The Balaban J connectivity index is 1.73. The van der Waals surface area contributed by atoms with Crippen LogP contribution in [0.2, 0.25) is 0 Å². The van der Waals surface area contributed by atoms with Crippen LogP contribution in [0, 0.1) is 5.92 Å². The predicted octanol–water partition coefficient (Wildman–Crippen LogP) is 2.21. The lowest BCUT2D eigenvalue weighted by Crippen LogP contribution is -2.43. The van der Waals surface area contributed by atoms with Gasteiger partial charge in [-0.25, -0.2) is 0 Å². The summed E-state index contributed by atoms with van der Waals surface area (Å²) in [5.74, 6) is 0.705. The van der Waals surface area contributed by atoms with Gasteiger partial charge in [-0.3, -0.25) is 9.58 Å². The van der Waals surface area contributed by atoms with E-state index in [1.54, 1.807) is 0 Å². The average Bonchev–Trinajstić information content (AvgIpc) is 2.74. The quantitative estimate of drug-likeness (QED) is 0.824.